The number of benzene rings is 1. The lowest BCUT2D eigenvalue weighted by Gasteiger charge is -2.19. The second-order valence-electron chi connectivity index (χ2n) is 6.74. The Hall–Kier alpha value is -2.36. The van der Waals surface area contributed by atoms with E-state index in [-0.39, 0.29) is 16.9 Å². The van der Waals surface area contributed by atoms with Gasteiger partial charge in [0, 0.05) is 29.7 Å². The molecule has 1 aromatic carbocycles. The molecule has 2 aromatic rings. The van der Waals surface area contributed by atoms with Gasteiger partial charge in [0.2, 0.25) is 0 Å². The summed E-state index contributed by atoms with van der Waals surface area (Å²) >= 11 is 0. The molecule has 26 heavy (non-hydrogen) atoms. The van der Waals surface area contributed by atoms with E-state index in [1.807, 2.05) is 39.0 Å². The fourth-order valence-electron chi connectivity index (χ4n) is 3.40. The molecule has 0 fully saturated rings. The van der Waals surface area contributed by atoms with Crippen molar-refractivity contribution < 1.29 is 4.79 Å². The molecule has 0 spiro atoms. The predicted molar refractivity (Wildman–Crippen MR) is 108 cm³/mol. The van der Waals surface area contributed by atoms with E-state index >= 15 is 0 Å². The summed E-state index contributed by atoms with van der Waals surface area (Å²) in [5, 5.41) is 3.00. The van der Waals surface area contributed by atoms with Gasteiger partial charge in [-0.25, -0.2) is 0 Å². The fourth-order valence-corrected chi connectivity index (χ4v) is 3.40. The van der Waals surface area contributed by atoms with E-state index in [9.17, 15) is 9.59 Å². The van der Waals surface area contributed by atoms with Gasteiger partial charge < -0.3 is 9.88 Å². The number of rotatable bonds is 7. The zero-order valence-corrected chi connectivity index (χ0v) is 16.6. The van der Waals surface area contributed by atoms with Crippen molar-refractivity contribution >= 4 is 11.6 Å². The number of hydrogen-bond acceptors (Lipinski definition) is 2. The van der Waals surface area contributed by atoms with Crippen LogP contribution in [0.25, 0.3) is 0 Å². The van der Waals surface area contributed by atoms with Crippen molar-refractivity contribution in [2.45, 2.75) is 66.8 Å². The van der Waals surface area contributed by atoms with Crippen LogP contribution in [0.15, 0.2) is 29.1 Å². The Morgan fingerprint density at radius 2 is 1.85 bits per heavy atom. The topological polar surface area (TPSA) is 51.1 Å². The number of aromatic nitrogens is 1. The number of carbonyl (C=O) groups is 1. The van der Waals surface area contributed by atoms with Crippen LogP contribution in [0.2, 0.25) is 0 Å². The molecule has 1 amide bonds. The Balaban J connectivity index is 2.48. The highest BCUT2D eigenvalue weighted by molar-refractivity contribution is 6.05. The molecule has 0 bridgehead atoms. The van der Waals surface area contributed by atoms with Gasteiger partial charge in [-0.15, -0.1) is 0 Å². The molecule has 0 saturated carbocycles. The predicted octanol–water partition coefficient (Wildman–Crippen LogP) is 4.64. The summed E-state index contributed by atoms with van der Waals surface area (Å²) in [6.45, 7) is 10.9. The van der Waals surface area contributed by atoms with Crippen molar-refractivity contribution in [3.8, 4) is 0 Å². The molecular formula is C22H30N2O2. The van der Waals surface area contributed by atoms with Crippen LogP contribution in [0.5, 0.6) is 0 Å². The van der Waals surface area contributed by atoms with E-state index in [0.717, 1.165) is 60.4 Å². The maximum atomic E-state index is 13.0. The number of nitrogens with zero attached hydrogens (tertiary/aromatic N) is 1. The minimum atomic E-state index is -0.315. The first-order valence-electron chi connectivity index (χ1n) is 9.57. The Bertz CT molecular complexity index is 850. The largest absolute Gasteiger partial charge is 0.348 e. The number of para-hydroxylation sites is 1. The van der Waals surface area contributed by atoms with Crippen LogP contribution in [0.1, 0.15) is 66.5 Å². The molecule has 2 rings (SSSR count). The number of pyridine rings is 1. The van der Waals surface area contributed by atoms with Gasteiger partial charge in [-0.3, -0.25) is 9.59 Å². The number of nitrogens with one attached hydrogen (secondary N) is 1. The smallest absolute Gasteiger partial charge is 0.261 e. The van der Waals surface area contributed by atoms with Crippen molar-refractivity contribution in [3.05, 3.63) is 62.6 Å². The Morgan fingerprint density at radius 3 is 2.46 bits per heavy atom. The summed E-state index contributed by atoms with van der Waals surface area (Å²) in [6.07, 6.45) is 3.69. The minimum absolute atomic E-state index is 0.198. The second kappa shape index (κ2) is 8.84. The molecule has 0 atom stereocenters. The van der Waals surface area contributed by atoms with Crippen LogP contribution >= 0.6 is 0 Å². The molecule has 1 N–H and O–H groups in total. The summed E-state index contributed by atoms with van der Waals surface area (Å²) in [7, 11) is 0. The molecule has 0 aliphatic rings. The zero-order valence-electron chi connectivity index (χ0n) is 16.6. The van der Waals surface area contributed by atoms with Gasteiger partial charge in [-0.2, -0.15) is 0 Å². The monoisotopic (exact) mass is 354 g/mol. The van der Waals surface area contributed by atoms with Crippen LogP contribution in [-0.4, -0.2) is 10.5 Å². The van der Waals surface area contributed by atoms with Crippen LogP contribution in [0, 0.1) is 13.8 Å². The van der Waals surface area contributed by atoms with E-state index in [2.05, 4.69) is 23.7 Å². The van der Waals surface area contributed by atoms with Crippen molar-refractivity contribution in [1.29, 1.82) is 0 Å². The number of unbranched alkanes of at least 4 members (excludes halogenated alkanes) is 1. The summed E-state index contributed by atoms with van der Waals surface area (Å²) in [6, 6.07) is 7.59. The third kappa shape index (κ3) is 4.06. The highest BCUT2D eigenvalue weighted by atomic mass is 16.2. The number of anilines is 1. The van der Waals surface area contributed by atoms with Crippen LogP contribution in [0.4, 0.5) is 5.69 Å². The number of amides is 1. The van der Waals surface area contributed by atoms with Gasteiger partial charge in [-0.1, -0.05) is 45.4 Å². The lowest BCUT2D eigenvalue weighted by atomic mass is 10.0. The summed E-state index contributed by atoms with van der Waals surface area (Å²) in [5.41, 5.74) is 4.70. The number of aryl methyl sites for hydroxylation is 3. The quantitative estimate of drug-likeness (QED) is 0.787. The van der Waals surface area contributed by atoms with Crippen molar-refractivity contribution in [1.82, 2.24) is 4.57 Å². The van der Waals surface area contributed by atoms with Gasteiger partial charge in [-0.05, 0) is 44.2 Å². The number of carbonyl (C=O) groups excluding carboxylic acids is 1. The van der Waals surface area contributed by atoms with Gasteiger partial charge in [0.15, 0.2) is 5.43 Å². The van der Waals surface area contributed by atoms with Gasteiger partial charge in [0.25, 0.3) is 5.91 Å². The maximum Gasteiger partial charge on any atom is 0.261 e. The third-order valence-corrected chi connectivity index (χ3v) is 4.96. The molecule has 0 saturated heterocycles. The van der Waals surface area contributed by atoms with E-state index in [0.29, 0.717) is 0 Å². The Kier molecular flexibility index (Phi) is 6.78. The normalized spacial score (nSPS) is 10.8. The van der Waals surface area contributed by atoms with Crippen LogP contribution in [0.3, 0.4) is 0 Å². The van der Waals surface area contributed by atoms with E-state index in [4.69, 9.17) is 0 Å². The highest BCUT2D eigenvalue weighted by Crippen LogP contribution is 2.22. The average molecular weight is 354 g/mol. The van der Waals surface area contributed by atoms with Gasteiger partial charge in [0.05, 0.1) is 0 Å². The zero-order chi connectivity index (χ0) is 19.3. The summed E-state index contributed by atoms with van der Waals surface area (Å²) in [5.74, 6) is -0.315. The molecular weight excluding hydrogens is 324 g/mol. The molecule has 140 valence electrons. The molecule has 1 heterocycles. The standard InChI is InChI=1S/C22H30N2O2/c1-6-9-13-24-16(5)20(19(25)14-18(24)8-3)22(26)23-21-15(4)11-10-12-17(21)7-2/h10-12,14H,6-9,13H2,1-5H3,(H,23,26). The van der Waals surface area contributed by atoms with Crippen LogP contribution < -0.4 is 10.7 Å². The molecule has 0 aliphatic heterocycles. The van der Waals surface area contributed by atoms with Crippen molar-refractivity contribution in [3.63, 3.8) is 0 Å². The van der Waals surface area contributed by atoms with Gasteiger partial charge >= 0.3 is 0 Å². The first-order chi connectivity index (χ1) is 12.4. The van der Waals surface area contributed by atoms with Crippen LogP contribution in [-0.2, 0) is 19.4 Å². The van der Waals surface area contributed by atoms with Crippen molar-refractivity contribution in [2.75, 3.05) is 5.32 Å². The van der Waals surface area contributed by atoms with Crippen molar-refractivity contribution in [2.24, 2.45) is 0 Å². The Morgan fingerprint density at radius 1 is 1.12 bits per heavy atom. The molecule has 1 aromatic heterocycles. The summed E-state index contributed by atoms with van der Waals surface area (Å²) in [4.78, 5) is 25.6. The second-order valence-corrected chi connectivity index (χ2v) is 6.74. The van der Waals surface area contributed by atoms with Gasteiger partial charge in [0.1, 0.15) is 5.56 Å². The molecule has 0 aliphatic carbocycles. The van der Waals surface area contributed by atoms with E-state index < -0.39 is 0 Å². The first-order valence-corrected chi connectivity index (χ1v) is 9.57. The number of hydrogen-bond donors (Lipinski definition) is 1. The minimum Gasteiger partial charge on any atom is -0.348 e. The summed E-state index contributed by atoms with van der Waals surface area (Å²) < 4.78 is 2.12. The SMILES string of the molecule is CCCCn1c(CC)cc(=O)c(C(=O)Nc2c(C)cccc2CC)c1C. The lowest BCUT2D eigenvalue weighted by Crippen LogP contribution is -2.28. The van der Waals surface area contributed by atoms with E-state index in [1.54, 1.807) is 6.07 Å². The lowest BCUT2D eigenvalue weighted by molar-refractivity contribution is 0.102. The average Bonchev–Trinajstić information content (AvgIpc) is 2.62. The molecule has 4 heteroatoms. The highest BCUT2D eigenvalue weighted by Gasteiger charge is 2.19. The Labute approximate surface area is 156 Å². The molecule has 0 radical (unpaired) electrons. The molecule has 4 nitrogen and oxygen atoms in total. The fraction of sp³-hybridized carbons (Fsp3) is 0.455. The van der Waals surface area contributed by atoms with E-state index in [1.165, 1.54) is 0 Å². The third-order valence-electron chi connectivity index (χ3n) is 4.96. The maximum absolute atomic E-state index is 13.0. The molecule has 0 unspecified atom stereocenters. The first kappa shape index (κ1) is 20.0.